The van der Waals surface area contributed by atoms with Crippen molar-refractivity contribution in [2.75, 3.05) is 39.4 Å². The molecule has 0 heterocycles. The Labute approximate surface area is 360 Å². The number of hydrogen-bond acceptors (Lipinski definition) is 10. The minimum atomic E-state index is -1.20. The summed E-state index contributed by atoms with van der Waals surface area (Å²) in [4.78, 5) is 12.4. The van der Waals surface area contributed by atoms with Crippen LogP contribution in [-0.4, -0.2) is 81.1 Å². The van der Waals surface area contributed by atoms with Gasteiger partial charge < -0.3 is 51.1 Å². The van der Waals surface area contributed by atoms with Crippen LogP contribution in [-0.2, 0) is 28.2 Å². The zero-order valence-electron chi connectivity index (χ0n) is 35.0. The molecule has 0 aliphatic rings. The van der Waals surface area contributed by atoms with Crippen molar-refractivity contribution in [3.05, 3.63) is 166 Å². The number of phenols is 2. The molecule has 0 spiro atoms. The van der Waals surface area contributed by atoms with E-state index in [1.807, 2.05) is 91.0 Å². The third kappa shape index (κ3) is 15.1. The molecule has 0 saturated heterocycles. The highest BCUT2D eigenvalue weighted by molar-refractivity contribution is 5.90. The molecule has 0 bridgehead atoms. The van der Waals surface area contributed by atoms with Crippen LogP contribution in [0.25, 0.3) is 0 Å². The van der Waals surface area contributed by atoms with Crippen molar-refractivity contribution in [3.63, 3.8) is 0 Å². The number of rotatable bonds is 26. The SMILES string of the molecule is O=C(O)C(c1ccccc1)(c1ccccc1)c1ccccc1.OCc1cc([C@@H](O)CNCCCCCCOCCCCCCNC[C@H](O)c2ccc(O)c(CO)c2)ccc1O. The van der Waals surface area contributed by atoms with Crippen molar-refractivity contribution in [1.29, 1.82) is 0 Å². The highest BCUT2D eigenvalue weighted by Crippen LogP contribution is 2.39. The van der Waals surface area contributed by atoms with Gasteiger partial charge in [-0.2, -0.15) is 0 Å². The average Bonchev–Trinajstić information content (AvgIpc) is 3.29. The van der Waals surface area contributed by atoms with E-state index in [-0.39, 0.29) is 24.7 Å². The predicted molar refractivity (Wildman–Crippen MR) is 238 cm³/mol. The second-order valence-electron chi connectivity index (χ2n) is 15.1. The summed E-state index contributed by atoms with van der Waals surface area (Å²) in [6.07, 6.45) is 7.27. The molecule has 5 aromatic rings. The lowest BCUT2D eigenvalue weighted by atomic mass is 9.69. The molecule has 11 nitrogen and oxygen atoms in total. The van der Waals surface area contributed by atoms with Gasteiger partial charge in [-0.25, -0.2) is 0 Å². The van der Waals surface area contributed by atoms with E-state index < -0.39 is 23.6 Å². The molecule has 61 heavy (non-hydrogen) atoms. The first kappa shape index (κ1) is 48.6. The second-order valence-corrected chi connectivity index (χ2v) is 15.1. The van der Waals surface area contributed by atoms with Gasteiger partial charge in [0, 0.05) is 37.4 Å². The van der Waals surface area contributed by atoms with Crippen LogP contribution in [0.4, 0.5) is 0 Å². The van der Waals surface area contributed by atoms with Crippen molar-refractivity contribution in [2.24, 2.45) is 0 Å². The standard InChI is InChI=1S/C30H48N2O7.C20H16O2/c33-21-25-17-23(9-11-27(25)35)29(37)19-31-13-5-1-3-7-15-39-16-8-4-2-6-14-32-20-30(38)24-10-12-28(36)26(18-24)22-34;21-19(22)20(16-10-4-1-5-11-16,17-12-6-2-7-13-17)18-14-8-3-9-15-18/h9-12,17-18,29-38H,1-8,13-16,19-22H2;1-15H,(H,21,22)/t29-,30-;/m0./s1. The van der Waals surface area contributed by atoms with E-state index in [4.69, 9.17) is 4.74 Å². The van der Waals surface area contributed by atoms with Gasteiger partial charge in [-0.15, -0.1) is 0 Å². The maximum Gasteiger partial charge on any atom is 0.323 e. The number of benzene rings is 5. The molecule has 0 saturated carbocycles. The molecule has 2 atom stereocenters. The predicted octanol–water partition coefficient (Wildman–Crippen LogP) is 7.27. The highest BCUT2D eigenvalue weighted by atomic mass is 16.5. The van der Waals surface area contributed by atoms with Crippen molar-refractivity contribution >= 4 is 5.97 Å². The van der Waals surface area contributed by atoms with Gasteiger partial charge >= 0.3 is 5.97 Å². The molecule has 0 fully saturated rings. The number of aliphatic hydroxyl groups excluding tert-OH is 4. The van der Waals surface area contributed by atoms with Crippen LogP contribution in [0.1, 0.15) is 103 Å². The van der Waals surface area contributed by atoms with Crippen LogP contribution >= 0.6 is 0 Å². The van der Waals surface area contributed by atoms with Crippen LogP contribution in [0.3, 0.4) is 0 Å². The Morgan fingerprint density at radius 1 is 0.525 bits per heavy atom. The zero-order chi connectivity index (χ0) is 43.7. The maximum absolute atomic E-state index is 12.4. The average molecular weight is 837 g/mol. The molecule has 0 aliphatic carbocycles. The molecule has 0 radical (unpaired) electrons. The quantitative estimate of drug-likeness (QED) is 0.0201. The summed E-state index contributed by atoms with van der Waals surface area (Å²) in [6, 6.07) is 37.7. The molecular weight excluding hydrogens is 773 g/mol. The fraction of sp³-hybridized carbons (Fsp3) is 0.380. The van der Waals surface area contributed by atoms with Gasteiger partial charge in [0.25, 0.3) is 0 Å². The first-order chi connectivity index (χ1) is 29.7. The zero-order valence-corrected chi connectivity index (χ0v) is 35.0. The lowest BCUT2D eigenvalue weighted by Gasteiger charge is -2.31. The van der Waals surface area contributed by atoms with Crippen LogP contribution in [0.2, 0.25) is 0 Å². The van der Waals surface area contributed by atoms with Crippen molar-refractivity contribution < 1.29 is 45.3 Å². The van der Waals surface area contributed by atoms with Crippen LogP contribution < -0.4 is 10.6 Å². The second kappa shape index (κ2) is 27.0. The fourth-order valence-electron chi connectivity index (χ4n) is 7.24. The smallest absolute Gasteiger partial charge is 0.323 e. The summed E-state index contributed by atoms with van der Waals surface area (Å²) >= 11 is 0. The number of carbonyl (C=O) groups is 1. The third-order valence-corrected chi connectivity index (χ3v) is 10.7. The Kier molecular flexibility index (Phi) is 21.5. The van der Waals surface area contributed by atoms with Crippen molar-refractivity contribution in [1.82, 2.24) is 10.6 Å². The summed E-state index contributed by atoms with van der Waals surface area (Å²) in [5.41, 5.74) is 3.24. The van der Waals surface area contributed by atoms with E-state index in [1.54, 1.807) is 24.3 Å². The largest absolute Gasteiger partial charge is 0.508 e. The summed E-state index contributed by atoms with van der Waals surface area (Å²) in [5, 5.41) is 74.9. The maximum atomic E-state index is 12.4. The molecule has 5 rings (SSSR count). The Bertz CT molecular complexity index is 1790. The number of unbranched alkanes of at least 4 members (excludes halogenated alkanes) is 6. The third-order valence-electron chi connectivity index (χ3n) is 10.7. The number of hydrogen-bond donors (Lipinski definition) is 9. The summed E-state index contributed by atoms with van der Waals surface area (Å²) < 4.78 is 5.74. The Morgan fingerprint density at radius 2 is 0.885 bits per heavy atom. The van der Waals surface area contributed by atoms with Crippen LogP contribution in [0, 0.1) is 0 Å². The fourth-order valence-corrected chi connectivity index (χ4v) is 7.24. The van der Waals surface area contributed by atoms with Gasteiger partial charge in [-0.05, 0) is 90.9 Å². The van der Waals surface area contributed by atoms with E-state index in [0.717, 1.165) is 94.4 Å². The van der Waals surface area contributed by atoms with Gasteiger partial charge in [-0.3, -0.25) is 4.79 Å². The summed E-state index contributed by atoms with van der Waals surface area (Å²) in [5.74, 6) is -0.804. The first-order valence-corrected chi connectivity index (χ1v) is 21.3. The molecule has 0 amide bonds. The Balaban J connectivity index is 0.000000311. The minimum absolute atomic E-state index is 0.0372. The molecule has 0 aromatic heterocycles. The van der Waals surface area contributed by atoms with Gasteiger partial charge in [-0.1, -0.05) is 129 Å². The Hall–Kier alpha value is -5.11. The topological polar surface area (TPSA) is 192 Å². The van der Waals surface area contributed by atoms with E-state index >= 15 is 0 Å². The van der Waals surface area contributed by atoms with Crippen LogP contribution in [0.15, 0.2) is 127 Å². The molecule has 9 N–H and O–H groups in total. The molecule has 328 valence electrons. The normalized spacial score (nSPS) is 12.3. The number of aliphatic hydroxyl groups is 4. The number of aromatic hydroxyl groups is 2. The lowest BCUT2D eigenvalue weighted by Crippen LogP contribution is -2.38. The molecule has 5 aromatic carbocycles. The molecule has 0 aliphatic heterocycles. The van der Waals surface area contributed by atoms with Gasteiger partial charge in [0.05, 0.1) is 25.4 Å². The van der Waals surface area contributed by atoms with E-state index in [1.165, 1.54) is 12.1 Å². The number of aliphatic carboxylic acids is 1. The highest BCUT2D eigenvalue weighted by Gasteiger charge is 2.43. The number of carboxylic acid groups (broad SMARTS) is 1. The van der Waals surface area contributed by atoms with Gasteiger partial charge in [0.15, 0.2) is 0 Å². The monoisotopic (exact) mass is 836 g/mol. The molecule has 0 unspecified atom stereocenters. The van der Waals surface area contributed by atoms with Gasteiger partial charge in [0.2, 0.25) is 0 Å². The number of nitrogens with one attached hydrogen (secondary N) is 2. The van der Waals surface area contributed by atoms with E-state index in [2.05, 4.69) is 10.6 Å². The first-order valence-electron chi connectivity index (χ1n) is 21.3. The summed E-state index contributed by atoms with van der Waals surface area (Å²) in [7, 11) is 0. The number of ether oxygens (including phenoxy) is 1. The minimum Gasteiger partial charge on any atom is -0.508 e. The van der Waals surface area contributed by atoms with Gasteiger partial charge in [0.1, 0.15) is 16.9 Å². The summed E-state index contributed by atoms with van der Waals surface area (Å²) in [6.45, 7) is 3.59. The Morgan fingerprint density at radius 3 is 1.23 bits per heavy atom. The lowest BCUT2D eigenvalue weighted by molar-refractivity contribution is -0.140. The van der Waals surface area contributed by atoms with Crippen molar-refractivity contribution in [2.45, 2.75) is 82.2 Å². The molecule has 11 heteroatoms. The van der Waals surface area contributed by atoms with Crippen LogP contribution in [0.5, 0.6) is 11.5 Å². The van der Waals surface area contributed by atoms with Crippen molar-refractivity contribution in [3.8, 4) is 11.5 Å². The van der Waals surface area contributed by atoms with E-state index in [9.17, 15) is 40.5 Å². The van der Waals surface area contributed by atoms with E-state index in [0.29, 0.717) is 35.3 Å². The number of carboxylic acids is 1. The molecular formula is C50H64N2O9.